The standard InChI is InChI=1S/C25H34F2N3O8P/c1-14(2)35-23(32)15(3)12-39(34,38-18-9-7-6-8-10-18)37-16(4)20-21(31)25(33,13-26)24(36-20)30-11-19(27)22(28)29-17(30)5/h6-11,14-16,20-21,24,31,33H,5,12-13H2,1-4H3,(H2,28,29)/t15-,16-,20-,21+,24-,25?,39-/m1/s1. The molecule has 1 saturated heterocycles. The number of esters is 1. The number of nitrogens with two attached hydrogens (primary N) is 1. The molecule has 1 aromatic carbocycles. The summed E-state index contributed by atoms with van der Waals surface area (Å²) in [5.41, 5.74) is 2.87. The SMILES string of the molecule is C=C1N=C(N)C(F)=CN1[C@@H]1O[C@H]([C@@H](C)O[P@](=O)(C[C@@H](C)C(=O)OC(C)C)Oc2ccccc2)[C@H](O)C1(O)CF. The summed E-state index contributed by atoms with van der Waals surface area (Å²) in [7, 11) is -4.17. The molecule has 0 radical (unpaired) electrons. The number of aliphatic imine (C=N–C) groups is 1. The van der Waals surface area contributed by atoms with Gasteiger partial charge in [0.1, 0.15) is 30.5 Å². The summed E-state index contributed by atoms with van der Waals surface area (Å²) in [5.74, 6) is -2.99. The smallest absolute Gasteiger partial charge is 0.380 e. The van der Waals surface area contributed by atoms with Gasteiger partial charge in [0.15, 0.2) is 23.5 Å². The van der Waals surface area contributed by atoms with Crippen LogP contribution in [0.1, 0.15) is 27.7 Å². The molecule has 7 atom stereocenters. The second kappa shape index (κ2) is 12.1. The molecule has 2 aliphatic heterocycles. The first-order valence-corrected chi connectivity index (χ1v) is 14.0. The minimum absolute atomic E-state index is 0.178. The van der Waals surface area contributed by atoms with Crippen molar-refractivity contribution in [2.75, 3.05) is 12.8 Å². The van der Waals surface area contributed by atoms with Crippen LogP contribution in [0.25, 0.3) is 0 Å². The van der Waals surface area contributed by atoms with Crippen LogP contribution >= 0.6 is 7.60 Å². The molecule has 0 aliphatic carbocycles. The molecule has 0 amide bonds. The van der Waals surface area contributed by atoms with Gasteiger partial charge in [0.05, 0.1) is 24.3 Å². The normalized spacial score (nSPS) is 28.4. The topological polar surface area (TPSA) is 153 Å². The zero-order chi connectivity index (χ0) is 29.1. The Balaban J connectivity index is 1.87. The number of aliphatic hydroxyl groups excluding tert-OH is 1. The molecule has 2 aliphatic rings. The Hall–Kier alpha value is -2.83. The minimum atomic E-state index is -4.17. The van der Waals surface area contributed by atoms with Crippen LogP contribution in [-0.2, 0) is 23.4 Å². The Morgan fingerprint density at radius 2 is 1.95 bits per heavy atom. The van der Waals surface area contributed by atoms with Gasteiger partial charge in [0.25, 0.3) is 0 Å². The number of amidine groups is 1. The first kappa shape index (κ1) is 30.7. The monoisotopic (exact) mass is 573 g/mol. The first-order chi connectivity index (χ1) is 18.2. The molecule has 0 bridgehead atoms. The molecule has 14 heteroatoms. The van der Waals surface area contributed by atoms with Crippen molar-refractivity contribution in [3.63, 3.8) is 0 Å². The van der Waals surface area contributed by atoms with Gasteiger partial charge in [-0.1, -0.05) is 31.7 Å². The van der Waals surface area contributed by atoms with Gasteiger partial charge < -0.3 is 34.8 Å². The van der Waals surface area contributed by atoms with E-state index in [9.17, 15) is 28.4 Å². The molecular formula is C25H34F2N3O8P. The van der Waals surface area contributed by atoms with Crippen LogP contribution in [0.4, 0.5) is 8.78 Å². The maximum absolute atomic E-state index is 14.2. The van der Waals surface area contributed by atoms with Crippen LogP contribution in [0.15, 0.2) is 59.8 Å². The number of hydrogen-bond donors (Lipinski definition) is 3. The van der Waals surface area contributed by atoms with E-state index >= 15 is 0 Å². The van der Waals surface area contributed by atoms with Crippen molar-refractivity contribution in [1.82, 2.24) is 4.90 Å². The molecule has 1 unspecified atom stereocenters. The number of carbonyl (C=O) groups excluding carboxylic acids is 1. The number of ether oxygens (including phenoxy) is 2. The maximum Gasteiger partial charge on any atom is 0.380 e. The minimum Gasteiger partial charge on any atom is -0.463 e. The lowest BCUT2D eigenvalue weighted by molar-refractivity contribution is -0.151. The Morgan fingerprint density at radius 3 is 2.54 bits per heavy atom. The lowest BCUT2D eigenvalue weighted by atomic mass is 9.93. The summed E-state index contributed by atoms with van der Waals surface area (Å²) in [6.45, 7) is 8.30. The van der Waals surface area contributed by atoms with E-state index in [1.807, 2.05) is 0 Å². The van der Waals surface area contributed by atoms with Crippen LogP contribution in [0.3, 0.4) is 0 Å². The number of carbonyl (C=O) groups is 1. The van der Waals surface area contributed by atoms with Gasteiger partial charge >= 0.3 is 13.6 Å². The number of aliphatic hydroxyl groups is 2. The number of alkyl halides is 1. The molecule has 3 rings (SSSR count). The highest BCUT2D eigenvalue weighted by Gasteiger charge is 2.60. The number of rotatable bonds is 11. The number of hydrogen-bond acceptors (Lipinski definition) is 11. The fourth-order valence-corrected chi connectivity index (χ4v) is 6.21. The van der Waals surface area contributed by atoms with E-state index in [1.165, 1.54) is 26.0 Å². The average Bonchev–Trinajstić information content (AvgIpc) is 3.12. The van der Waals surface area contributed by atoms with E-state index in [1.54, 1.807) is 32.0 Å². The van der Waals surface area contributed by atoms with Gasteiger partial charge in [-0.2, -0.15) is 0 Å². The van der Waals surface area contributed by atoms with Crippen LogP contribution in [0.5, 0.6) is 5.75 Å². The Morgan fingerprint density at radius 1 is 1.31 bits per heavy atom. The van der Waals surface area contributed by atoms with Crippen molar-refractivity contribution in [2.24, 2.45) is 16.6 Å². The number of halogens is 2. The van der Waals surface area contributed by atoms with Crippen molar-refractivity contribution in [2.45, 2.75) is 63.9 Å². The summed E-state index contributed by atoms with van der Waals surface area (Å²) in [6.07, 6.45) is -6.39. The van der Waals surface area contributed by atoms with Gasteiger partial charge in [0, 0.05) is 6.20 Å². The van der Waals surface area contributed by atoms with Crippen LogP contribution in [0.2, 0.25) is 0 Å². The maximum atomic E-state index is 14.2. The highest BCUT2D eigenvalue weighted by atomic mass is 31.2. The number of para-hydroxylation sites is 1. The molecule has 1 aromatic rings. The summed E-state index contributed by atoms with van der Waals surface area (Å²) >= 11 is 0. The van der Waals surface area contributed by atoms with E-state index in [0.29, 0.717) is 0 Å². The largest absolute Gasteiger partial charge is 0.463 e. The van der Waals surface area contributed by atoms with E-state index in [0.717, 1.165) is 11.1 Å². The molecule has 2 heterocycles. The lowest BCUT2D eigenvalue weighted by Gasteiger charge is -2.36. The molecule has 39 heavy (non-hydrogen) atoms. The third kappa shape index (κ3) is 6.85. The summed E-state index contributed by atoms with van der Waals surface area (Å²) in [5, 5.41) is 21.9. The van der Waals surface area contributed by atoms with Gasteiger partial charge in [0.2, 0.25) is 0 Å². The van der Waals surface area contributed by atoms with Gasteiger partial charge in [-0.25, -0.2) is 18.3 Å². The lowest BCUT2D eigenvalue weighted by Crippen LogP contribution is -2.56. The van der Waals surface area contributed by atoms with E-state index in [4.69, 9.17) is 24.3 Å². The van der Waals surface area contributed by atoms with Crippen molar-refractivity contribution in [3.05, 3.63) is 54.8 Å². The first-order valence-electron chi connectivity index (χ1n) is 12.2. The third-order valence-corrected chi connectivity index (χ3v) is 8.22. The molecule has 11 nitrogen and oxygen atoms in total. The van der Waals surface area contributed by atoms with Crippen LogP contribution in [0, 0.1) is 5.92 Å². The van der Waals surface area contributed by atoms with Crippen molar-refractivity contribution < 1.29 is 46.9 Å². The van der Waals surface area contributed by atoms with Crippen molar-refractivity contribution >= 4 is 19.4 Å². The second-order valence-electron chi connectivity index (χ2n) is 9.72. The van der Waals surface area contributed by atoms with Gasteiger partial charge in [-0.05, 0) is 32.9 Å². The Bertz CT molecular complexity index is 1170. The third-order valence-electron chi connectivity index (χ3n) is 6.08. The Kier molecular flexibility index (Phi) is 9.56. The highest BCUT2D eigenvalue weighted by Crippen LogP contribution is 2.52. The van der Waals surface area contributed by atoms with Crippen molar-refractivity contribution in [3.8, 4) is 5.75 Å². The average molecular weight is 574 g/mol. The van der Waals surface area contributed by atoms with Crippen LogP contribution < -0.4 is 10.3 Å². The molecule has 1 fully saturated rings. The molecule has 0 spiro atoms. The zero-order valence-corrected chi connectivity index (χ0v) is 23.0. The predicted octanol–water partition coefficient (Wildman–Crippen LogP) is 2.99. The predicted molar refractivity (Wildman–Crippen MR) is 138 cm³/mol. The highest BCUT2D eigenvalue weighted by molar-refractivity contribution is 7.54. The molecule has 216 valence electrons. The summed E-state index contributed by atoms with van der Waals surface area (Å²) in [4.78, 5) is 17.0. The van der Waals surface area contributed by atoms with Crippen LogP contribution in [-0.4, -0.2) is 76.0 Å². The number of nitrogens with zero attached hydrogens (tertiary/aromatic N) is 2. The number of benzene rings is 1. The second-order valence-corrected chi connectivity index (χ2v) is 11.7. The molecule has 0 saturated carbocycles. The fourth-order valence-electron chi connectivity index (χ4n) is 4.12. The van der Waals surface area contributed by atoms with Gasteiger partial charge in [-0.15, -0.1) is 0 Å². The van der Waals surface area contributed by atoms with Gasteiger partial charge in [-0.3, -0.25) is 9.32 Å². The van der Waals surface area contributed by atoms with E-state index in [-0.39, 0.29) is 11.6 Å². The zero-order valence-electron chi connectivity index (χ0n) is 22.1. The molecule has 4 N–H and O–H groups in total. The summed E-state index contributed by atoms with van der Waals surface area (Å²) < 4.78 is 64.7. The Labute approximate surface area is 225 Å². The molecule has 0 aromatic heterocycles. The van der Waals surface area contributed by atoms with E-state index in [2.05, 4.69) is 11.6 Å². The van der Waals surface area contributed by atoms with E-state index < -0.39 is 80.2 Å². The molecular weight excluding hydrogens is 539 g/mol. The summed E-state index contributed by atoms with van der Waals surface area (Å²) in [6, 6.07) is 8.07. The van der Waals surface area contributed by atoms with Crippen molar-refractivity contribution in [1.29, 1.82) is 0 Å². The fraction of sp³-hybridized carbons (Fsp3) is 0.520. The quantitative estimate of drug-likeness (QED) is 0.266.